The Morgan fingerprint density at radius 1 is 1.38 bits per heavy atom. The van der Waals surface area contributed by atoms with Crippen LogP contribution in [0.15, 0.2) is 0 Å². The van der Waals surface area contributed by atoms with E-state index in [1.807, 2.05) is 0 Å². The first-order valence-corrected chi connectivity index (χ1v) is 3.23. The fourth-order valence-electron chi connectivity index (χ4n) is 0.115. The van der Waals surface area contributed by atoms with E-state index in [0.717, 1.165) is 0 Å². The van der Waals surface area contributed by atoms with Crippen molar-refractivity contribution >= 4 is 39.7 Å². The minimum absolute atomic E-state index is 0. The second kappa shape index (κ2) is 4.72. The van der Waals surface area contributed by atoms with Crippen molar-refractivity contribution in [2.45, 2.75) is 0 Å². The van der Waals surface area contributed by atoms with Crippen LogP contribution in [0.1, 0.15) is 0 Å². The standard InChI is InChI=1S/C2H6O4S.Na/c3-1-2-7(4,5)6;/h3H,1-2H2,(H,4,5,6);. The zero-order chi connectivity index (χ0) is 5.91. The number of hydrogen-bond acceptors (Lipinski definition) is 3. The molecule has 0 amide bonds. The van der Waals surface area contributed by atoms with E-state index in [-0.39, 0.29) is 29.6 Å². The molecule has 0 rings (SSSR count). The Morgan fingerprint density at radius 3 is 1.75 bits per heavy atom. The Bertz CT molecular complexity index is 127. The van der Waals surface area contributed by atoms with Crippen molar-refractivity contribution in [1.82, 2.24) is 0 Å². The van der Waals surface area contributed by atoms with E-state index in [1.54, 1.807) is 0 Å². The largest absolute Gasteiger partial charge is 0.395 e. The molecule has 4 nitrogen and oxygen atoms in total. The van der Waals surface area contributed by atoms with Gasteiger partial charge in [-0.25, -0.2) is 0 Å². The number of aliphatic hydroxyl groups is 1. The van der Waals surface area contributed by atoms with Crippen molar-refractivity contribution in [1.29, 1.82) is 0 Å². The first kappa shape index (κ1) is 11.6. The molecule has 0 saturated heterocycles. The van der Waals surface area contributed by atoms with Gasteiger partial charge in [-0.2, -0.15) is 8.42 Å². The predicted molar refractivity (Wildman–Crippen MR) is 29.3 cm³/mol. The van der Waals surface area contributed by atoms with E-state index in [0.29, 0.717) is 0 Å². The molecule has 2 N–H and O–H groups in total. The molecule has 0 aromatic rings. The predicted octanol–water partition coefficient (Wildman–Crippen LogP) is -1.51. The minimum atomic E-state index is -3.92. The molecular formula is C2H6NaO4S. The van der Waals surface area contributed by atoms with Gasteiger partial charge < -0.3 is 5.11 Å². The second-order valence-electron chi connectivity index (χ2n) is 1.01. The summed E-state index contributed by atoms with van der Waals surface area (Å²) >= 11 is 0. The van der Waals surface area contributed by atoms with Gasteiger partial charge in [-0.05, 0) is 0 Å². The van der Waals surface area contributed by atoms with E-state index in [1.165, 1.54) is 0 Å². The molecular weight excluding hydrogens is 143 g/mol. The van der Waals surface area contributed by atoms with Crippen molar-refractivity contribution < 1.29 is 18.1 Å². The smallest absolute Gasteiger partial charge is 0.267 e. The van der Waals surface area contributed by atoms with Gasteiger partial charge in [0.25, 0.3) is 10.1 Å². The molecule has 1 radical (unpaired) electrons. The molecule has 0 aliphatic rings. The molecule has 0 aliphatic carbocycles. The molecule has 0 aromatic heterocycles. The van der Waals surface area contributed by atoms with Gasteiger partial charge in [0, 0.05) is 29.6 Å². The van der Waals surface area contributed by atoms with E-state index >= 15 is 0 Å². The molecule has 45 valence electrons. The molecule has 0 atom stereocenters. The quantitative estimate of drug-likeness (QED) is 0.369. The normalized spacial score (nSPS) is 10.2. The molecule has 0 aromatic carbocycles. The Kier molecular flexibility index (Phi) is 6.87. The van der Waals surface area contributed by atoms with Crippen LogP contribution in [-0.2, 0) is 10.1 Å². The van der Waals surface area contributed by atoms with Gasteiger partial charge in [0.05, 0.1) is 12.4 Å². The monoisotopic (exact) mass is 149 g/mol. The van der Waals surface area contributed by atoms with Crippen molar-refractivity contribution in [2.75, 3.05) is 12.4 Å². The van der Waals surface area contributed by atoms with Crippen LogP contribution in [0.3, 0.4) is 0 Å². The summed E-state index contributed by atoms with van der Waals surface area (Å²) in [7, 11) is -3.92. The maximum atomic E-state index is 9.63. The Morgan fingerprint density at radius 2 is 1.75 bits per heavy atom. The molecule has 0 unspecified atom stereocenters. The molecule has 0 spiro atoms. The van der Waals surface area contributed by atoms with Crippen LogP contribution in [0.25, 0.3) is 0 Å². The van der Waals surface area contributed by atoms with Gasteiger partial charge in [-0.3, -0.25) is 4.55 Å². The maximum absolute atomic E-state index is 9.63. The summed E-state index contributed by atoms with van der Waals surface area (Å²) in [5.41, 5.74) is 0. The summed E-state index contributed by atoms with van der Waals surface area (Å²) < 4.78 is 27.1. The Balaban J connectivity index is 0. The minimum Gasteiger partial charge on any atom is -0.395 e. The van der Waals surface area contributed by atoms with Crippen LogP contribution in [0.5, 0.6) is 0 Å². The van der Waals surface area contributed by atoms with Crippen molar-refractivity contribution in [3.63, 3.8) is 0 Å². The van der Waals surface area contributed by atoms with Crippen LogP contribution in [0, 0.1) is 0 Å². The third-order valence-electron chi connectivity index (χ3n) is 0.349. The van der Waals surface area contributed by atoms with Gasteiger partial charge in [0.1, 0.15) is 0 Å². The van der Waals surface area contributed by atoms with Crippen LogP contribution in [0.2, 0.25) is 0 Å². The SMILES string of the molecule is O=S(=O)(O)CCO.[Na]. The topological polar surface area (TPSA) is 74.6 Å². The van der Waals surface area contributed by atoms with Gasteiger partial charge in [-0.1, -0.05) is 0 Å². The molecule has 8 heavy (non-hydrogen) atoms. The third-order valence-corrected chi connectivity index (χ3v) is 1.05. The summed E-state index contributed by atoms with van der Waals surface area (Å²) in [5, 5.41) is 7.86. The van der Waals surface area contributed by atoms with Gasteiger partial charge in [-0.15, -0.1) is 0 Å². The van der Waals surface area contributed by atoms with Crippen LogP contribution in [-0.4, -0.2) is 60.0 Å². The zero-order valence-electron chi connectivity index (χ0n) is 4.53. The number of hydrogen-bond donors (Lipinski definition) is 2. The molecule has 0 aliphatic heterocycles. The number of rotatable bonds is 2. The summed E-state index contributed by atoms with van der Waals surface area (Å²) in [6, 6.07) is 0. The second-order valence-corrected chi connectivity index (χ2v) is 2.58. The molecule has 0 fully saturated rings. The maximum Gasteiger partial charge on any atom is 0.267 e. The van der Waals surface area contributed by atoms with Crippen molar-refractivity contribution in [2.24, 2.45) is 0 Å². The summed E-state index contributed by atoms with van der Waals surface area (Å²) in [6.07, 6.45) is 0. The summed E-state index contributed by atoms with van der Waals surface area (Å²) in [4.78, 5) is 0. The zero-order valence-corrected chi connectivity index (χ0v) is 7.35. The van der Waals surface area contributed by atoms with Crippen molar-refractivity contribution in [3.05, 3.63) is 0 Å². The molecule has 6 heteroatoms. The van der Waals surface area contributed by atoms with E-state index in [2.05, 4.69) is 0 Å². The fraction of sp³-hybridized carbons (Fsp3) is 1.00. The first-order chi connectivity index (χ1) is 3.06. The Hall–Kier alpha value is 0.870. The van der Waals surface area contributed by atoms with E-state index in [4.69, 9.17) is 9.66 Å². The van der Waals surface area contributed by atoms with Gasteiger partial charge in [0.2, 0.25) is 0 Å². The average molecular weight is 149 g/mol. The van der Waals surface area contributed by atoms with Gasteiger partial charge >= 0.3 is 0 Å². The van der Waals surface area contributed by atoms with E-state index in [9.17, 15) is 8.42 Å². The molecule has 0 heterocycles. The van der Waals surface area contributed by atoms with Crippen LogP contribution in [0.4, 0.5) is 0 Å². The average Bonchev–Trinajstić information content (AvgIpc) is 1.30. The number of aliphatic hydroxyl groups excluding tert-OH is 1. The van der Waals surface area contributed by atoms with Crippen molar-refractivity contribution in [3.8, 4) is 0 Å². The Labute approximate surface area is 69.9 Å². The van der Waals surface area contributed by atoms with Crippen LogP contribution >= 0.6 is 0 Å². The molecule has 0 bridgehead atoms. The van der Waals surface area contributed by atoms with E-state index < -0.39 is 22.5 Å². The fourth-order valence-corrected chi connectivity index (χ4v) is 0.346. The van der Waals surface area contributed by atoms with Gasteiger partial charge in [0.15, 0.2) is 0 Å². The molecule has 0 saturated carbocycles. The van der Waals surface area contributed by atoms with Crippen LogP contribution < -0.4 is 0 Å². The summed E-state index contributed by atoms with van der Waals surface area (Å²) in [6.45, 7) is -0.529. The summed E-state index contributed by atoms with van der Waals surface area (Å²) in [5.74, 6) is -0.576. The first-order valence-electron chi connectivity index (χ1n) is 1.62. The third kappa shape index (κ3) is 9.98.